The molecule has 4 nitrogen and oxygen atoms in total. The fraction of sp³-hybridized carbons (Fsp3) is 0.0769. The number of alkyl halides is 3. The number of nitrogens with zero attached hydrogens (tertiary/aromatic N) is 2. The second-order valence-electron chi connectivity index (χ2n) is 3.83. The average molecular weight is 281 g/mol. The summed E-state index contributed by atoms with van der Waals surface area (Å²) in [5, 5.41) is 0. The van der Waals surface area contributed by atoms with Crippen LogP contribution in [-0.2, 0) is 0 Å². The Kier molecular flexibility index (Phi) is 3.60. The van der Waals surface area contributed by atoms with Crippen molar-refractivity contribution in [2.75, 3.05) is 5.73 Å². The summed E-state index contributed by atoms with van der Waals surface area (Å²) in [4.78, 5) is 7.88. The molecule has 1 aromatic carbocycles. The number of aromatic nitrogens is 2. The van der Waals surface area contributed by atoms with Crippen molar-refractivity contribution in [2.24, 2.45) is 0 Å². The highest BCUT2D eigenvalue weighted by Gasteiger charge is 2.31. The number of rotatable bonds is 3. The van der Waals surface area contributed by atoms with Crippen molar-refractivity contribution >= 4 is 11.9 Å². The lowest BCUT2D eigenvalue weighted by molar-refractivity contribution is -0.274. The molecule has 0 aliphatic carbocycles. The molecular weight excluding hydrogens is 271 g/mol. The van der Waals surface area contributed by atoms with E-state index < -0.39 is 6.36 Å². The summed E-state index contributed by atoms with van der Waals surface area (Å²) in [5.41, 5.74) is 6.83. The highest BCUT2D eigenvalue weighted by molar-refractivity contribution is 5.73. The van der Waals surface area contributed by atoms with Gasteiger partial charge in [-0.25, -0.2) is 4.98 Å². The number of nitrogen functional groups attached to an aromatic ring is 1. The monoisotopic (exact) mass is 281 g/mol. The number of nitrogens with two attached hydrogens (primary N) is 1. The molecule has 104 valence electrons. The first-order valence-corrected chi connectivity index (χ1v) is 5.49. The van der Waals surface area contributed by atoms with Crippen molar-refractivity contribution in [1.29, 1.82) is 0 Å². The molecule has 0 aliphatic heterocycles. The molecule has 0 bridgehead atoms. The normalized spacial score (nSPS) is 11.2. The van der Waals surface area contributed by atoms with Crippen LogP contribution in [0.25, 0.3) is 17.3 Å². The summed E-state index contributed by atoms with van der Waals surface area (Å²) in [6.45, 7) is 3.60. The Morgan fingerprint density at radius 2 is 1.95 bits per heavy atom. The van der Waals surface area contributed by atoms with Crippen LogP contribution in [-0.4, -0.2) is 16.3 Å². The van der Waals surface area contributed by atoms with Gasteiger partial charge in [0.25, 0.3) is 0 Å². The fourth-order valence-electron chi connectivity index (χ4n) is 1.61. The molecule has 0 amide bonds. The van der Waals surface area contributed by atoms with Gasteiger partial charge in [0.1, 0.15) is 11.6 Å². The lowest BCUT2D eigenvalue weighted by atomic mass is 10.0. The lowest BCUT2D eigenvalue weighted by Crippen LogP contribution is -2.17. The van der Waals surface area contributed by atoms with Crippen molar-refractivity contribution in [1.82, 2.24) is 9.97 Å². The predicted molar refractivity (Wildman–Crippen MR) is 68.7 cm³/mol. The van der Waals surface area contributed by atoms with Crippen LogP contribution in [0.1, 0.15) is 5.56 Å². The molecule has 1 heterocycles. The smallest absolute Gasteiger partial charge is 0.406 e. The maximum atomic E-state index is 12.2. The van der Waals surface area contributed by atoms with E-state index in [1.165, 1.54) is 36.7 Å². The third kappa shape index (κ3) is 3.25. The van der Waals surface area contributed by atoms with E-state index in [-0.39, 0.29) is 11.6 Å². The average Bonchev–Trinajstić information content (AvgIpc) is 2.38. The molecule has 0 saturated carbocycles. The van der Waals surface area contributed by atoms with Gasteiger partial charge >= 0.3 is 6.36 Å². The standard InChI is InChI=1S/C13H10F3N3O/c1-2-8-3-4-9(20-13(14,15)16)5-10(8)11-6-19-12(17)7-18-11/h2-7H,1H2,(H2,17,19). The summed E-state index contributed by atoms with van der Waals surface area (Å²) >= 11 is 0. The second kappa shape index (κ2) is 5.20. The minimum absolute atomic E-state index is 0.219. The van der Waals surface area contributed by atoms with E-state index >= 15 is 0 Å². The Morgan fingerprint density at radius 3 is 2.50 bits per heavy atom. The minimum Gasteiger partial charge on any atom is -0.406 e. The van der Waals surface area contributed by atoms with Crippen molar-refractivity contribution in [3.8, 4) is 17.0 Å². The number of benzene rings is 1. The fourth-order valence-corrected chi connectivity index (χ4v) is 1.61. The lowest BCUT2D eigenvalue weighted by Gasteiger charge is -2.12. The quantitative estimate of drug-likeness (QED) is 0.938. The first kappa shape index (κ1) is 13.9. The third-order valence-corrected chi connectivity index (χ3v) is 2.43. The van der Waals surface area contributed by atoms with Crippen LogP contribution in [0.3, 0.4) is 0 Å². The Bertz CT molecular complexity index is 624. The SMILES string of the molecule is C=Cc1ccc(OC(F)(F)F)cc1-c1cnc(N)cn1. The molecule has 0 atom stereocenters. The summed E-state index contributed by atoms with van der Waals surface area (Å²) in [6.07, 6.45) is -0.557. The third-order valence-electron chi connectivity index (χ3n) is 2.43. The van der Waals surface area contributed by atoms with Gasteiger partial charge in [-0.15, -0.1) is 13.2 Å². The van der Waals surface area contributed by atoms with Crippen LogP contribution >= 0.6 is 0 Å². The van der Waals surface area contributed by atoms with Gasteiger partial charge in [0, 0.05) is 5.56 Å². The zero-order valence-electron chi connectivity index (χ0n) is 10.2. The zero-order valence-corrected chi connectivity index (χ0v) is 10.2. The van der Waals surface area contributed by atoms with Gasteiger partial charge in [0.2, 0.25) is 0 Å². The van der Waals surface area contributed by atoms with E-state index in [0.717, 1.165) is 0 Å². The Labute approximate surface area is 112 Å². The number of anilines is 1. The number of halogens is 3. The maximum absolute atomic E-state index is 12.2. The number of ether oxygens (including phenoxy) is 1. The van der Waals surface area contributed by atoms with Crippen molar-refractivity contribution < 1.29 is 17.9 Å². The van der Waals surface area contributed by atoms with Crippen molar-refractivity contribution in [3.05, 3.63) is 42.7 Å². The van der Waals surface area contributed by atoms with Crippen molar-refractivity contribution in [2.45, 2.75) is 6.36 Å². The van der Waals surface area contributed by atoms with E-state index in [9.17, 15) is 13.2 Å². The summed E-state index contributed by atoms with van der Waals surface area (Å²) in [5.74, 6) is -0.117. The molecule has 1 aromatic heterocycles. The topological polar surface area (TPSA) is 61.0 Å². The first-order valence-electron chi connectivity index (χ1n) is 5.49. The number of hydrogen-bond acceptors (Lipinski definition) is 4. The molecule has 2 N–H and O–H groups in total. The Morgan fingerprint density at radius 1 is 1.20 bits per heavy atom. The van der Waals surface area contributed by atoms with Gasteiger partial charge in [0.15, 0.2) is 0 Å². The highest BCUT2D eigenvalue weighted by Crippen LogP contribution is 2.30. The van der Waals surface area contributed by atoms with E-state index in [0.29, 0.717) is 16.8 Å². The van der Waals surface area contributed by atoms with Gasteiger partial charge in [-0.1, -0.05) is 18.7 Å². The van der Waals surface area contributed by atoms with Crippen LogP contribution in [0.4, 0.5) is 19.0 Å². The zero-order chi connectivity index (χ0) is 14.8. The summed E-state index contributed by atoms with van der Waals surface area (Å²) in [7, 11) is 0. The van der Waals surface area contributed by atoms with Crippen LogP contribution in [0, 0.1) is 0 Å². The Balaban J connectivity index is 2.46. The molecule has 2 aromatic rings. The Hall–Kier alpha value is -2.57. The van der Waals surface area contributed by atoms with Gasteiger partial charge in [-0.2, -0.15) is 0 Å². The predicted octanol–water partition coefficient (Wildman–Crippen LogP) is 3.27. The van der Waals surface area contributed by atoms with E-state index in [4.69, 9.17) is 5.73 Å². The van der Waals surface area contributed by atoms with Crippen molar-refractivity contribution in [3.63, 3.8) is 0 Å². The largest absolute Gasteiger partial charge is 0.573 e. The molecule has 0 aliphatic rings. The molecule has 0 radical (unpaired) electrons. The minimum atomic E-state index is -4.75. The molecular formula is C13H10F3N3O. The first-order chi connectivity index (χ1) is 9.39. The van der Waals surface area contributed by atoms with Crippen LogP contribution < -0.4 is 10.5 Å². The molecule has 0 unspecified atom stereocenters. The van der Waals surface area contributed by atoms with Crippen LogP contribution in [0.5, 0.6) is 5.75 Å². The van der Waals surface area contributed by atoms with E-state index in [1.54, 1.807) is 0 Å². The summed E-state index contributed by atoms with van der Waals surface area (Å²) in [6, 6.07) is 3.89. The molecule has 2 rings (SSSR count). The van der Waals surface area contributed by atoms with E-state index in [2.05, 4.69) is 21.3 Å². The second-order valence-corrected chi connectivity index (χ2v) is 3.83. The maximum Gasteiger partial charge on any atom is 0.573 e. The molecule has 0 spiro atoms. The van der Waals surface area contributed by atoms with Crippen LogP contribution in [0.2, 0.25) is 0 Å². The van der Waals surface area contributed by atoms with Gasteiger partial charge in [-0.3, -0.25) is 4.98 Å². The van der Waals surface area contributed by atoms with Gasteiger partial charge < -0.3 is 10.5 Å². The highest BCUT2D eigenvalue weighted by atomic mass is 19.4. The van der Waals surface area contributed by atoms with E-state index in [1.807, 2.05) is 0 Å². The molecule has 0 fully saturated rings. The molecule has 7 heteroatoms. The summed E-state index contributed by atoms with van der Waals surface area (Å²) < 4.78 is 40.6. The number of hydrogen-bond donors (Lipinski definition) is 1. The molecule has 0 saturated heterocycles. The van der Waals surface area contributed by atoms with Gasteiger partial charge in [0.05, 0.1) is 18.1 Å². The molecule has 20 heavy (non-hydrogen) atoms. The van der Waals surface area contributed by atoms with Gasteiger partial charge in [-0.05, 0) is 17.7 Å². The van der Waals surface area contributed by atoms with Crippen LogP contribution in [0.15, 0.2) is 37.2 Å².